The highest BCUT2D eigenvalue weighted by Crippen LogP contribution is 2.25. The Morgan fingerprint density at radius 3 is 2.76 bits per heavy atom. The van der Waals surface area contributed by atoms with Gasteiger partial charge in [0.2, 0.25) is 0 Å². The maximum Gasteiger partial charge on any atom is 0.152 e. The smallest absolute Gasteiger partial charge is 0.152 e. The quantitative estimate of drug-likeness (QED) is 0.717. The molecule has 2 nitrogen and oxygen atoms in total. The predicted octanol–water partition coefficient (Wildman–Crippen LogP) is 4.13. The molecule has 0 bridgehead atoms. The number of H-pyrrole nitrogens is 1. The molecule has 0 amide bonds. The van der Waals surface area contributed by atoms with Crippen LogP contribution < -0.4 is 0 Å². The molecule has 0 radical (unpaired) electrons. The van der Waals surface area contributed by atoms with E-state index in [4.69, 9.17) is 0 Å². The van der Waals surface area contributed by atoms with Crippen LogP contribution in [0.25, 0.3) is 22.3 Å². The minimum Gasteiger partial charge on any atom is -0.353 e. The van der Waals surface area contributed by atoms with Crippen LogP contribution in [-0.2, 0) is 0 Å². The lowest BCUT2D eigenvalue weighted by Gasteiger charge is -1.99. The Kier molecular flexibility index (Phi) is 2.44. The summed E-state index contributed by atoms with van der Waals surface area (Å²) in [6.45, 7) is 0. The molecule has 0 saturated carbocycles. The molecule has 1 N–H and O–H groups in total. The summed E-state index contributed by atoms with van der Waals surface area (Å²) in [5.41, 5.74) is 2.01. The molecule has 0 atom stereocenters. The van der Waals surface area contributed by atoms with Crippen LogP contribution in [0.3, 0.4) is 0 Å². The van der Waals surface area contributed by atoms with E-state index < -0.39 is 0 Å². The molecular formula is C13H8BrFN2. The molecule has 3 aromatic rings. The summed E-state index contributed by atoms with van der Waals surface area (Å²) in [7, 11) is 0. The van der Waals surface area contributed by atoms with E-state index in [0.29, 0.717) is 15.9 Å². The van der Waals surface area contributed by atoms with Crippen molar-refractivity contribution in [2.24, 2.45) is 0 Å². The molecule has 2 aromatic heterocycles. The van der Waals surface area contributed by atoms with Gasteiger partial charge in [0.05, 0.1) is 5.69 Å². The topological polar surface area (TPSA) is 28.7 Å². The van der Waals surface area contributed by atoms with Crippen LogP contribution in [-0.4, -0.2) is 9.97 Å². The number of hydrogen-bond donors (Lipinski definition) is 1. The number of aromatic amines is 1. The molecule has 84 valence electrons. The molecule has 0 aliphatic rings. The van der Waals surface area contributed by atoms with Gasteiger partial charge in [-0.1, -0.05) is 18.2 Å². The minimum atomic E-state index is -0.342. The number of pyridine rings is 1. The van der Waals surface area contributed by atoms with E-state index in [1.807, 2.05) is 30.3 Å². The van der Waals surface area contributed by atoms with Gasteiger partial charge in [-0.15, -0.1) is 0 Å². The summed E-state index contributed by atoms with van der Waals surface area (Å²) in [6.07, 6.45) is 1.59. The SMILES string of the molecule is Fc1cc(Br)cnc1-c1cc2ccccc2[nH]1. The third-order valence-corrected chi connectivity index (χ3v) is 3.03. The Labute approximate surface area is 106 Å². The average Bonchev–Trinajstić information content (AvgIpc) is 2.72. The molecule has 3 rings (SSSR count). The van der Waals surface area contributed by atoms with Gasteiger partial charge in [0, 0.05) is 21.6 Å². The largest absolute Gasteiger partial charge is 0.353 e. The fourth-order valence-electron chi connectivity index (χ4n) is 1.81. The number of nitrogens with zero attached hydrogens (tertiary/aromatic N) is 1. The Bertz CT molecular complexity index is 658. The molecular weight excluding hydrogens is 283 g/mol. The third-order valence-electron chi connectivity index (χ3n) is 2.59. The Morgan fingerprint density at radius 1 is 1.18 bits per heavy atom. The normalized spacial score (nSPS) is 10.9. The highest BCUT2D eigenvalue weighted by atomic mass is 79.9. The van der Waals surface area contributed by atoms with Gasteiger partial charge in [0.1, 0.15) is 5.69 Å². The van der Waals surface area contributed by atoms with Gasteiger partial charge in [-0.05, 0) is 34.1 Å². The predicted molar refractivity (Wildman–Crippen MR) is 69.2 cm³/mol. The van der Waals surface area contributed by atoms with Crippen molar-refractivity contribution in [1.82, 2.24) is 9.97 Å². The van der Waals surface area contributed by atoms with Crippen LogP contribution in [0, 0.1) is 5.82 Å². The molecule has 0 fully saturated rings. The van der Waals surface area contributed by atoms with Crippen molar-refractivity contribution in [2.75, 3.05) is 0 Å². The van der Waals surface area contributed by atoms with Gasteiger partial charge in [0.15, 0.2) is 5.82 Å². The molecule has 0 unspecified atom stereocenters. The summed E-state index contributed by atoms with van der Waals surface area (Å²) in [4.78, 5) is 7.24. The zero-order chi connectivity index (χ0) is 11.8. The molecule has 0 aliphatic carbocycles. The number of para-hydroxylation sites is 1. The van der Waals surface area contributed by atoms with E-state index >= 15 is 0 Å². The van der Waals surface area contributed by atoms with Gasteiger partial charge >= 0.3 is 0 Å². The number of halogens is 2. The van der Waals surface area contributed by atoms with Gasteiger partial charge < -0.3 is 4.98 Å². The molecule has 4 heteroatoms. The summed E-state index contributed by atoms with van der Waals surface area (Å²) < 4.78 is 14.4. The van der Waals surface area contributed by atoms with Crippen LogP contribution in [0.2, 0.25) is 0 Å². The fraction of sp³-hybridized carbons (Fsp3) is 0. The van der Waals surface area contributed by atoms with E-state index in [1.165, 1.54) is 6.07 Å². The molecule has 17 heavy (non-hydrogen) atoms. The molecule has 0 spiro atoms. The van der Waals surface area contributed by atoms with Crippen molar-refractivity contribution in [3.8, 4) is 11.4 Å². The second kappa shape index (κ2) is 3.96. The molecule has 0 aliphatic heterocycles. The molecule has 0 saturated heterocycles. The number of nitrogens with one attached hydrogen (secondary N) is 1. The van der Waals surface area contributed by atoms with Gasteiger partial charge in [-0.2, -0.15) is 0 Å². The monoisotopic (exact) mass is 290 g/mol. The second-order valence-electron chi connectivity index (χ2n) is 3.75. The van der Waals surface area contributed by atoms with Crippen LogP contribution in [0.15, 0.2) is 47.1 Å². The van der Waals surface area contributed by atoms with Crippen molar-refractivity contribution in [2.45, 2.75) is 0 Å². The number of benzene rings is 1. The Morgan fingerprint density at radius 2 is 2.00 bits per heavy atom. The van der Waals surface area contributed by atoms with Gasteiger partial charge in [0.25, 0.3) is 0 Å². The summed E-state index contributed by atoms with van der Waals surface area (Å²) in [6, 6.07) is 11.1. The number of fused-ring (bicyclic) bond motifs is 1. The minimum absolute atomic E-state index is 0.337. The Balaban J connectivity index is 2.20. The summed E-state index contributed by atoms with van der Waals surface area (Å²) >= 11 is 3.19. The zero-order valence-electron chi connectivity index (χ0n) is 8.74. The van der Waals surface area contributed by atoms with Crippen molar-refractivity contribution in [3.05, 3.63) is 52.9 Å². The first kappa shape index (κ1) is 10.5. The fourth-order valence-corrected chi connectivity index (χ4v) is 2.12. The number of rotatable bonds is 1. The van der Waals surface area contributed by atoms with E-state index in [2.05, 4.69) is 25.9 Å². The molecule has 2 heterocycles. The Hall–Kier alpha value is -1.68. The van der Waals surface area contributed by atoms with Crippen LogP contribution >= 0.6 is 15.9 Å². The maximum atomic E-state index is 13.8. The van der Waals surface area contributed by atoms with Crippen LogP contribution in [0.4, 0.5) is 4.39 Å². The molecule has 1 aromatic carbocycles. The number of hydrogen-bond acceptors (Lipinski definition) is 1. The lowest BCUT2D eigenvalue weighted by Crippen LogP contribution is -1.88. The lowest BCUT2D eigenvalue weighted by molar-refractivity contribution is 0.624. The first-order chi connectivity index (χ1) is 8.24. The van der Waals surface area contributed by atoms with Crippen molar-refractivity contribution < 1.29 is 4.39 Å². The van der Waals surface area contributed by atoms with E-state index in [9.17, 15) is 4.39 Å². The van der Waals surface area contributed by atoms with Crippen molar-refractivity contribution >= 4 is 26.8 Å². The standard InChI is InChI=1S/C13H8BrFN2/c14-9-6-10(15)13(16-7-9)12-5-8-3-1-2-4-11(8)17-12/h1-7,17H. The zero-order valence-corrected chi connectivity index (χ0v) is 10.3. The van der Waals surface area contributed by atoms with Crippen molar-refractivity contribution in [3.63, 3.8) is 0 Å². The first-order valence-electron chi connectivity index (χ1n) is 5.13. The summed E-state index contributed by atoms with van der Waals surface area (Å²) in [5.74, 6) is -0.342. The first-order valence-corrected chi connectivity index (χ1v) is 5.92. The van der Waals surface area contributed by atoms with E-state index in [1.54, 1.807) is 6.20 Å². The third kappa shape index (κ3) is 1.85. The van der Waals surface area contributed by atoms with E-state index in [-0.39, 0.29) is 5.82 Å². The van der Waals surface area contributed by atoms with Gasteiger partial charge in [-0.3, -0.25) is 4.98 Å². The summed E-state index contributed by atoms with van der Waals surface area (Å²) in [5, 5.41) is 1.05. The van der Waals surface area contributed by atoms with Crippen LogP contribution in [0.5, 0.6) is 0 Å². The highest BCUT2D eigenvalue weighted by Gasteiger charge is 2.09. The highest BCUT2D eigenvalue weighted by molar-refractivity contribution is 9.10. The lowest BCUT2D eigenvalue weighted by atomic mass is 10.2. The van der Waals surface area contributed by atoms with Crippen molar-refractivity contribution in [1.29, 1.82) is 0 Å². The van der Waals surface area contributed by atoms with Gasteiger partial charge in [-0.25, -0.2) is 4.39 Å². The second-order valence-corrected chi connectivity index (χ2v) is 4.67. The average molecular weight is 291 g/mol. The van der Waals surface area contributed by atoms with E-state index in [0.717, 1.165) is 10.9 Å². The maximum absolute atomic E-state index is 13.8. The van der Waals surface area contributed by atoms with Crippen LogP contribution in [0.1, 0.15) is 0 Å². The number of aromatic nitrogens is 2.